The monoisotopic (exact) mass is 267 g/mol. The van der Waals surface area contributed by atoms with E-state index in [9.17, 15) is 4.79 Å². The number of carbonyl (C=O) groups is 1. The number of rotatable bonds is 2. The fourth-order valence-electron chi connectivity index (χ4n) is 2.57. The zero-order valence-corrected chi connectivity index (χ0v) is 11.2. The molecule has 0 atom stereocenters. The van der Waals surface area contributed by atoms with Crippen molar-refractivity contribution in [1.82, 2.24) is 9.88 Å². The predicted octanol–water partition coefficient (Wildman–Crippen LogP) is 1.79. The largest absolute Gasteiger partial charge is 0.399 e. The van der Waals surface area contributed by atoms with Gasteiger partial charge in [-0.1, -0.05) is 18.2 Å². The van der Waals surface area contributed by atoms with Crippen LogP contribution in [-0.4, -0.2) is 22.3 Å². The van der Waals surface area contributed by atoms with Crippen molar-refractivity contribution in [2.75, 3.05) is 12.3 Å². The van der Waals surface area contributed by atoms with Crippen LogP contribution in [0.3, 0.4) is 0 Å². The lowest BCUT2D eigenvalue weighted by Crippen LogP contribution is -2.37. The highest BCUT2D eigenvalue weighted by atomic mass is 16.2. The van der Waals surface area contributed by atoms with Crippen LogP contribution < -0.4 is 5.73 Å². The molecule has 4 nitrogen and oxygen atoms in total. The SMILES string of the molecule is Nc1cccc(CC(=O)N2CCc3ncccc3C2)c1. The van der Waals surface area contributed by atoms with Crippen LogP contribution in [0, 0.1) is 0 Å². The van der Waals surface area contributed by atoms with Gasteiger partial charge in [0.15, 0.2) is 0 Å². The average molecular weight is 267 g/mol. The zero-order chi connectivity index (χ0) is 13.9. The molecule has 1 aliphatic rings. The van der Waals surface area contributed by atoms with Crippen molar-refractivity contribution in [2.24, 2.45) is 0 Å². The first kappa shape index (κ1) is 12.7. The number of aromatic nitrogens is 1. The van der Waals surface area contributed by atoms with Crippen molar-refractivity contribution in [1.29, 1.82) is 0 Å². The van der Waals surface area contributed by atoms with E-state index in [2.05, 4.69) is 4.98 Å². The Hall–Kier alpha value is -2.36. The normalized spacial score (nSPS) is 13.9. The maximum Gasteiger partial charge on any atom is 0.227 e. The molecule has 1 amide bonds. The van der Waals surface area contributed by atoms with Crippen molar-refractivity contribution in [3.63, 3.8) is 0 Å². The van der Waals surface area contributed by atoms with Crippen molar-refractivity contribution < 1.29 is 4.79 Å². The molecule has 0 unspecified atom stereocenters. The summed E-state index contributed by atoms with van der Waals surface area (Å²) in [4.78, 5) is 18.6. The summed E-state index contributed by atoms with van der Waals surface area (Å²) in [7, 11) is 0. The minimum absolute atomic E-state index is 0.144. The van der Waals surface area contributed by atoms with Crippen LogP contribution >= 0.6 is 0 Å². The van der Waals surface area contributed by atoms with E-state index in [0.29, 0.717) is 18.7 Å². The van der Waals surface area contributed by atoms with Crippen molar-refractivity contribution in [3.8, 4) is 0 Å². The molecule has 0 fully saturated rings. The lowest BCUT2D eigenvalue weighted by atomic mass is 10.0. The van der Waals surface area contributed by atoms with Gasteiger partial charge in [0.05, 0.1) is 6.42 Å². The number of fused-ring (bicyclic) bond motifs is 1. The van der Waals surface area contributed by atoms with E-state index in [1.165, 1.54) is 0 Å². The Morgan fingerprint density at radius 2 is 2.20 bits per heavy atom. The van der Waals surface area contributed by atoms with Crippen molar-refractivity contribution >= 4 is 11.6 Å². The van der Waals surface area contributed by atoms with Crippen molar-refractivity contribution in [3.05, 3.63) is 59.4 Å². The highest BCUT2D eigenvalue weighted by Gasteiger charge is 2.21. The zero-order valence-electron chi connectivity index (χ0n) is 11.2. The Balaban J connectivity index is 1.70. The molecule has 20 heavy (non-hydrogen) atoms. The molecule has 2 heterocycles. The van der Waals surface area contributed by atoms with Gasteiger partial charge in [0.2, 0.25) is 5.91 Å². The molecule has 102 valence electrons. The van der Waals surface area contributed by atoms with E-state index in [1.54, 1.807) is 0 Å². The number of anilines is 1. The molecule has 0 radical (unpaired) electrons. The Labute approximate surface area is 118 Å². The quantitative estimate of drug-likeness (QED) is 0.844. The third-order valence-electron chi connectivity index (χ3n) is 3.62. The summed E-state index contributed by atoms with van der Waals surface area (Å²) in [5.41, 5.74) is 9.67. The maximum absolute atomic E-state index is 12.4. The van der Waals surface area contributed by atoms with Gasteiger partial charge in [-0.15, -0.1) is 0 Å². The van der Waals surface area contributed by atoms with Gasteiger partial charge in [-0.05, 0) is 29.3 Å². The smallest absolute Gasteiger partial charge is 0.227 e. The molecule has 0 saturated heterocycles. The predicted molar refractivity (Wildman–Crippen MR) is 77.9 cm³/mol. The Kier molecular flexibility index (Phi) is 3.37. The Bertz CT molecular complexity index is 639. The number of nitrogens with zero attached hydrogens (tertiary/aromatic N) is 2. The van der Waals surface area contributed by atoms with Gasteiger partial charge in [0.1, 0.15) is 0 Å². The van der Waals surface area contributed by atoms with Crippen LogP contribution in [0.25, 0.3) is 0 Å². The van der Waals surface area contributed by atoms with Crippen LogP contribution in [0.1, 0.15) is 16.8 Å². The van der Waals surface area contributed by atoms with E-state index in [1.807, 2.05) is 47.5 Å². The summed E-state index contributed by atoms with van der Waals surface area (Å²) in [6.07, 6.45) is 3.04. The summed E-state index contributed by atoms with van der Waals surface area (Å²) >= 11 is 0. The molecule has 0 spiro atoms. The second-order valence-electron chi connectivity index (χ2n) is 5.10. The second kappa shape index (κ2) is 5.33. The van der Waals surface area contributed by atoms with Gasteiger partial charge in [0.25, 0.3) is 0 Å². The molecule has 4 heteroatoms. The van der Waals surface area contributed by atoms with Gasteiger partial charge >= 0.3 is 0 Å². The van der Waals surface area contributed by atoms with Crippen LogP contribution in [0.4, 0.5) is 5.69 Å². The first-order valence-electron chi connectivity index (χ1n) is 6.77. The first-order chi connectivity index (χ1) is 9.72. The van der Waals surface area contributed by atoms with Crippen LogP contribution in [0.2, 0.25) is 0 Å². The lowest BCUT2D eigenvalue weighted by molar-refractivity contribution is -0.131. The Morgan fingerprint density at radius 1 is 1.30 bits per heavy atom. The van der Waals surface area contributed by atoms with Gasteiger partial charge < -0.3 is 10.6 Å². The lowest BCUT2D eigenvalue weighted by Gasteiger charge is -2.28. The Morgan fingerprint density at radius 3 is 3.05 bits per heavy atom. The summed E-state index contributed by atoms with van der Waals surface area (Å²) in [5, 5.41) is 0. The second-order valence-corrected chi connectivity index (χ2v) is 5.10. The topological polar surface area (TPSA) is 59.2 Å². The molecule has 0 saturated carbocycles. The summed E-state index contributed by atoms with van der Waals surface area (Å²) in [6.45, 7) is 1.40. The molecule has 2 N–H and O–H groups in total. The number of benzene rings is 1. The van der Waals surface area contributed by atoms with Gasteiger partial charge in [-0.3, -0.25) is 9.78 Å². The molecule has 2 aromatic rings. The van der Waals surface area contributed by atoms with Crippen molar-refractivity contribution in [2.45, 2.75) is 19.4 Å². The van der Waals surface area contributed by atoms with Crippen LogP contribution in [-0.2, 0) is 24.2 Å². The molecule has 1 aromatic carbocycles. The fraction of sp³-hybridized carbons (Fsp3) is 0.250. The number of amides is 1. The number of hydrogen-bond donors (Lipinski definition) is 1. The minimum atomic E-state index is 0.144. The fourth-order valence-corrected chi connectivity index (χ4v) is 2.57. The number of hydrogen-bond acceptors (Lipinski definition) is 3. The average Bonchev–Trinajstić information content (AvgIpc) is 2.47. The number of pyridine rings is 1. The van der Waals surface area contributed by atoms with Gasteiger partial charge in [-0.25, -0.2) is 0 Å². The minimum Gasteiger partial charge on any atom is -0.399 e. The van der Waals surface area contributed by atoms with Gasteiger partial charge in [0, 0.05) is 37.1 Å². The van der Waals surface area contributed by atoms with E-state index in [-0.39, 0.29) is 5.91 Å². The number of nitrogen functional groups attached to an aromatic ring is 1. The molecule has 1 aliphatic heterocycles. The van der Waals surface area contributed by atoms with E-state index >= 15 is 0 Å². The molecule has 3 rings (SSSR count). The van der Waals surface area contributed by atoms with E-state index < -0.39 is 0 Å². The summed E-state index contributed by atoms with van der Waals surface area (Å²) < 4.78 is 0. The molecule has 0 aliphatic carbocycles. The number of carbonyl (C=O) groups excluding carboxylic acids is 1. The maximum atomic E-state index is 12.4. The molecular formula is C16H17N3O. The molecule has 0 bridgehead atoms. The third kappa shape index (κ3) is 2.64. The highest BCUT2D eigenvalue weighted by molar-refractivity contribution is 5.79. The standard InChI is InChI=1S/C16H17N3O/c17-14-5-1-3-12(9-14)10-16(20)19-8-6-15-13(11-19)4-2-7-18-15/h1-5,7,9H,6,8,10-11,17H2. The molecule has 1 aromatic heterocycles. The third-order valence-corrected chi connectivity index (χ3v) is 3.62. The van der Waals surface area contributed by atoms with Crippen LogP contribution in [0.15, 0.2) is 42.6 Å². The van der Waals surface area contributed by atoms with E-state index in [0.717, 1.165) is 29.8 Å². The summed E-state index contributed by atoms with van der Waals surface area (Å²) in [5.74, 6) is 0.144. The van der Waals surface area contributed by atoms with Gasteiger partial charge in [-0.2, -0.15) is 0 Å². The highest BCUT2D eigenvalue weighted by Crippen LogP contribution is 2.17. The van der Waals surface area contributed by atoms with E-state index in [4.69, 9.17) is 5.73 Å². The molecular weight excluding hydrogens is 250 g/mol. The van der Waals surface area contributed by atoms with Crippen LogP contribution in [0.5, 0.6) is 0 Å². The summed E-state index contributed by atoms with van der Waals surface area (Å²) in [6, 6.07) is 11.5. The first-order valence-corrected chi connectivity index (χ1v) is 6.77. The number of nitrogens with two attached hydrogens (primary N) is 1.